The molecule has 0 heterocycles. The molecule has 0 unspecified atom stereocenters. The largest absolute Gasteiger partial charge is 0.497 e. The monoisotopic (exact) mass is 392 g/mol. The quantitative estimate of drug-likeness (QED) is 0.558. The van der Waals surface area contributed by atoms with E-state index in [4.69, 9.17) is 9.84 Å². The van der Waals surface area contributed by atoms with Crippen LogP contribution in [0, 0.1) is 6.92 Å². The molecule has 0 atom stereocenters. The topological polar surface area (TPSA) is 66.8 Å². The summed E-state index contributed by atoms with van der Waals surface area (Å²) < 4.78 is 5.30. The number of methoxy groups -OCH3 is 1. The average Bonchev–Trinajstić information content (AvgIpc) is 2.71. The molecule has 0 fully saturated rings. The molecule has 0 radical (unpaired) electrons. The summed E-state index contributed by atoms with van der Waals surface area (Å²) in [7, 11) is 1.59. The van der Waals surface area contributed by atoms with Gasteiger partial charge >= 0.3 is 5.97 Å². The highest BCUT2D eigenvalue weighted by Gasteiger charge is 2.12. The summed E-state index contributed by atoms with van der Waals surface area (Å²) in [6.45, 7) is 1.97. The fraction of sp³-hybridized carbons (Fsp3) is 0.240. The van der Waals surface area contributed by atoms with Crippen molar-refractivity contribution < 1.29 is 19.7 Å². The second-order valence-corrected chi connectivity index (χ2v) is 6.82. The van der Waals surface area contributed by atoms with E-state index < -0.39 is 5.97 Å². The SMILES string of the molecule is C.COc1ccc(-c2ccc(-c3cccc(C)c3)c(CO)c2)c(CCC(=O)O)c1. The fourth-order valence-electron chi connectivity index (χ4n) is 3.41. The highest BCUT2D eigenvalue weighted by molar-refractivity contribution is 5.76. The minimum absolute atomic E-state index is 0. The Morgan fingerprint density at radius 1 is 0.931 bits per heavy atom. The molecule has 3 rings (SSSR count). The Labute approximate surface area is 172 Å². The molecule has 0 saturated carbocycles. The number of benzene rings is 3. The summed E-state index contributed by atoms with van der Waals surface area (Å²) in [6.07, 6.45) is 0.463. The molecule has 0 spiro atoms. The van der Waals surface area contributed by atoms with Gasteiger partial charge in [-0.25, -0.2) is 0 Å². The number of aliphatic carboxylic acids is 1. The minimum atomic E-state index is -0.834. The van der Waals surface area contributed by atoms with Gasteiger partial charge in [0.25, 0.3) is 0 Å². The summed E-state index contributed by atoms with van der Waals surface area (Å²) in [4.78, 5) is 11.0. The van der Waals surface area contributed by atoms with E-state index in [2.05, 4.69) is 6.07 Å². The molecule has 3 aromatic rings. The van der Waals surface area contributed by atoms with E-state index in [1.54, 1.807) is 7.11 Å². The Bertz CT molecular complexity index is 992. The highest BCUT2D eigenvalue weighted by atomic mass is 16.5. The van der Waals surface area contributed by atoms with Gasteiger partial charge in [-0.3, -0.25) is 4.79 Å². The number of aliphatic hydroxyl groups is 1. The van der Waals surface area contributed by atoms with Crippen LogP contribution in [0.3, 0.4) is 0 Å². The van der Waals surface area contributed by atoms with Gasteiger partial charge in [-0.05, 0) is 64.9 Å². The lowest BCUT2D eigenvalue weighted by Gasteiger charge is -2.15. The summed E-state index contributed by atoms with van der Waals surface area (Å²) >= 11 is 0. The van der Waals surface area contributed by atoms with Crippen molar-refractivity contribution in [2.24, 2.45) is 0 Å². The molecule has 0 bridgehead atoms. The molecule has 4 heteroatoms. The van der Waals surface area contributed by atoms with Crippen LogP contribution in [0.1, 0.15) is 30.5 Å². The molecule has 0 saturated heterocycles. The molecule has 0 amide bonds. The van der Waals surface area contributed by atoms with E-state index in [9.17, 15) is 9.90 Å². The Morgan fingerprint density at radius 3 is 2.28 bits per heavy atom. The van der Waals surface area contributed by atoms with Crippen molar-refractivity contribution in [1.29, 1.82) is 0 Å². The second-order valence-electron chi connectivity index (χ2n) is 6.82. The van der Waals surface area contributed by atoms with Gasteiger partial charge in [0.1, 0.15) is 5.75 Å². The molecule has 152 valence electrons. The lowest BCUT2D eigenvalue weighted by Crippen LogP contribution is -2.00. The number of carboxylic acids is 1. The maximum atomic E-state index is 11.0. The average molecular weight is 392 g/mol. The van der Waals surface area contributed by atoms with Gasteiger partial charge in [-0.2, -0.15) is 0 Å². The van der Waals surface area contributed by atoms with Crippen LogP contribution in [-0.4, -0.2) is 23.3 Å². The van der Waals surface area contributed by atoms with E-state index >= 15 is 0 Å². The molecule has 0 aromatic heterocycles. The summed E-state index contributed by atoms with van der Waals surface area (Å²) in [6, 6.07) is 19.9. The number of aliphatic hydroxyl groups excluding tert-OH is 1. The number of hydrogen-bond donors (Lipinski definition) is 2. The van der Waals surface area contributed by atoms with Crippen molar-refractivity contribution in [3.05, 3.63) is 77.4 Å². The summed E-state index contributed by atoms with van der Waals surface area (Å²) in [5.74, 6) is -0.137. The van der Waals surface area contributed by atoms with Gasteiger partial charge in [0.05, 0.1) is 13.7 Å². The van der Waals surface area contributed by atoms with Crippen LogP contribution in [0.2, 0.25) is 0 Å². The zero-order chi connectivity index (χ0) is 20.1. The van der Waals surface area contributed by atoms with Crippen LogP contribution < -0.4 is 4.74 Å². The first kappa shape index (κ1) is 22.2. The van der Waals surface area contributed by atoms with Crippen molar-refractivity contribution in [1.82, 2.24) is 0 Å². The number of ether oxygens (including phenoxy) is 1. The van der Waals surface area contributed by atoms with E-state index in [1.807, 2.05) is 61.5 Å². The Balaban J connectivity index is 0.00000300. The number of hydrogen-bond acceptors (Lipinski definition) is 3. The highest BCUT2D eigenvalue weighted by Crippen LogP contribution is 2.33. The maximum absolute atomic E-state index is 11.0. The standard InChI is InChI=1S/C24H24O4.CH4/c1-16-4-3-5-17(12-16)23-9-6-18(13-20(23)15-25)22-10-8-21(28-2)14-19(22)7-11-24(26)27;/h3-6,8-10,12-14,25H,7,11,15H2,1-2H3,(H,26,27);1H4. The Morgan fingerprint density at radius 2 is 1.62 bits per heavy atom. The maximum Gasteiger partial charge on any atom is 0.303 e. The van der Waals surface area contributed by atoms with Gasteiger partial charge in [-0.1, -0.05) is 55.5 Å². The lowest BCUT2D eigenvalue weighted by molar-refractivity contribution is -0.136. The van der Waals surface area contributed by atoms with Crippen molar-refractivity contribution in [2.45, 2.75) is 33.8 Å². The van der Waals surface area contributed by atoms with Crippen LogP contribution in [0.15, 0.2) is 60.7 Å². The fourth-order valence-corrected chi connectivity index (χ4v) is 3.41. The lowest BCUT2D eigenvalue weighted by atomic mass is 9.91. The number of carboxylic acid groups (broad SMARTS) is 1. The summed E-state index contributed by atoms with van der Waals surface area (Å²) in [5.41, 5.74) is 6.87. The number of rotatable bonds is 7. The van der Waals surface area contributed by atoms with Gasteiger partial charge < -0.3 is 14.9 Å². The first-order valence-corrected chi connectivity index (χ1v) is 9.21. The van der Waals surface area contributed by atoms with Crippen LogP contribution >= 0.6 is 0 Å². The van der Waals surface area contributed by atoms with Crippen LogP contribution in [-0.2, 0) is 17.8 Å². The van der Waals surface area contributed by atoms with Crippen LogP contribution in [0.5, 0.6) is 5.75 Å². The predicted molar refractivity (Wildman–Crippen MR) is 117 cm³/mol. The zero-order valence-corrected chi connectivity index (χ0v) is 16.1. The van der Waals surface area contributed by atoms with Crippen molar-refractivity contribution in [2.75, 3.05) is 7.11 Å². The van der Waals surface area contributed by atoms with Gasteiger partial charge in [0, 0.05) is 6.42 Å². The van der Waals surface area contributed by atoms with E-state index in [0.717, 1.165) is 38.9 Å². The Kier molecular flexibility index (Phi) is 7.57. The predicted octanol–water partition coefficient (Wildman–Crippen LogP) is 5.48. The number of carbonyl (C=O) groups is 1. The van der Waals surface area contributed by atoms with Gasteiger partial charge in [0.2, 0.25) is 0 Å². The van der Waals surface area contributed by atoms with Crippen molar-refractivity contribution >= 4 is 5.97 Å². The smallest absolute Gasteiger partial charge is 0.303 e. The van der Waals surface area contributed by atoms with Gasteiger partial charge in [-0.15, -0.1) is 0 Å². The van der Waals surface area contributed by atoms with Gasteiger partial charge in [0.15, 0.2) is 0 Å². The third-order valence-corrected chi connectivity index (χ3v) is 4.84. The van der Waals surface area contributed by atoms with Crippen LogP contribution in [0.25, 0.3) is 22.3 Å². The zero-order valence-electron chi connectivity index (χ0n) is 16.1. The molecule has 0 aliphatic heterocycles. The van der Waals surface area contributed by atoms with E-state index in [0.29, 0.717) is 12.2 Å². The molecule has 4 nitrogen and oxygen atoms in total. The molecule has 2 N–H and O–H groups in total. The molecular weight excluding hydrogens is 364 g/mol. The molecule has 29 heavy (non-hydrogen) atoms. The molecular formula is C25H28O4. The minimum Gasteiger partial charge on any atom is -0.497 e. The van der Waals surface area contributed by atoms with Crippen molar-refractivity contribution in [3.63, 3.8) is 0 Å². The van der Waals surface area contributed by atoms with Crippen LogP contribution in [0.4, 0.5) is 0 Å². The van der Waals surface area contributed by atoms with E-state index in [-0.39, 0.29) is 20.5 Å². The second kappa shape index (κ2) is 9.89. The molecule has 0 aliphatic carbocycles. The van der Waals surface area contributed by atoms with Crippen molar-refractivity contribution in [3.8, 4) is 28.0 Å². The third kappa shape index (κ3) is 5.24. The first-order chi connectivity index (χ1) is 13.5. The van der Waals surface area contributed by atoms with E-state index in [1.165, 1.54) is 0 Å². The first-order valence-electron chi connectivity index (χ1n) is 9.21. The molecule has 0 aliphatic rings. The number of aryl methyl sites for hydroxylation is 2. The molecule has 3 aromatic carbocycles. The third-order valence-electron chi connectivity index (χ3n) is 4.84. The summed E-state index contributed by atoms with van der Waals surface area (Å²) in [5, 5.41) is 19.0. The Hall–Kier alpha value is -3.11. The normalized spacial score (nSPS) is 10.3.